The Morgan fingerprint density at radius 3 is 2.70 bits per heavy atom. The molecule has 0 amide bonds. The number of pyridine rings is 1. The second-order valence-electron chi connectivity index (χ2n) is 5.47. The van der Waals surface area contributed by atoms with Gasteiger partial charge in [0.15, 0.2) is 0 Å². The molecule has 2 aromatic heterocycles. The number of fused-ring (bicyclic) bond motifs is 1. The molecule has 0 saturated carbocycles. The summed E-state index contributed by atoms with van der Waals surface area (Å²) in [5.74, 6) is -1.39. The zero-order valence-corrected chi connectivity index (χ0v) is 11.6. The van der Waals surface area contributed by atoms with Crippen molar-refractivity contribution in [3.8, 4) is 0 Å². The Labute approximate surface area is 116 Å². The lowest BCUT2D eigenvalue weighted by molar-refractivity contribution is -0.155. The number of carbonyl (C=O) groups excluding carboxylic acids is 1. The number of carboxylic acid groups (broad SMARTS) is 1. The summed E-state index contributed by atoms with van der Waals surface area (Å²) in [6.07, 6.45) is 2.96. The zero-order valence-electron chi connectivity index (χ0n) is 11.6. The number of ether oxygens (including phenoxy) is 1. The minimum Gasteiger partial charge on any atom is -0.478 e. The molecular formula is C14H16N2O4. The highest BCUT2D eigenvalue weighted by atomic mass is 16.6. The first-order valence-corrected chi connectivity index (χ1v) is 6.16. The number of rotatable bonds is 3. The first kappa shape index (κ1) is 14.0. The number of aromatic nitrogens is 2. The van der Waals surface area contributed by atoms with Crippen LogP contribution < -0.4 is 0 Å². The van der Waals surface area contributed by atoms with E-state index in [0.717, 1.165) is 0 Å². The lowest BCUT2D eigenvalue weighted by Crippen LogP contribution is -2.26. The number of hydrogen-bond donors (Lipinski definition) is 1. The topological polar surface area (TPSA) is 81.4 Å². The molecule has 20 heavy (non-hydrogen) atoms. The van der Waals surface area contributed by atoms with Crippen LogP contribution in [0.2, 0.25) is 0 Å². The van der Waals surface area contributed by atoms with Crippen molar-refractivity contribution < 1.29 is 19.4 Å². The van der Waals surface area contributed by atoms with Crippen molar-refractivity contribution in [1.82, 2.24) is 9.55 Å². The first-order valence-electron chi connectivity index (χ1n) is 6.16. The number of nitrogens with zero attached hydrogens (tertiary/aromatic N) is 2. The average molecular weight is 276 g/mol. The lowest BCUT2D eigenvalue weighted by Gasteiger charge is -2.19. The van der Waals surface area contributed by atoms with Crippen molar-refractivity contribution >= 4 is 23.0 Å². The van der Waals surface area contributed by atoms with E-state index in [1.807, 2.05) is 0 Å². The van der Waals surface area contributed by atoms with Crippen LogP contribution in [0, 0.1) is 0 Å². The quantitative estimate of drug-likeness (QED) is 0.868. The standard InChI is InChI=1S/C14H16N2O4/c1-14(2,3)20-11(17)8-16-5-4-9-6-10(13(18)19)7-15-12(9)16/h4-7H,8H2,1-3H3,(H,18,19). The predicted octanol–water partition coefficient (Wildman–Crippen LogP) is 2.08. The van der Waals surface area contributed by atoms with Gasteiger partial charge in [-0.3, -0.25) is 4.79 Å². The highest BCUT2D eigenvalue weighted by molar-refractivity contribution is 5.92. The van der Waals surface area contributed by atoms with E-state index in [2.05, 4.69) is 4.98 Å². The zero-order chi connectivity index (χ0) is 14.9. The maximum Gasteiger partial charge on any atom is 0.337 e. The van der Waals surface area contributed by atoms with Gasteiger partial charge in [0.1, 0.15) is 17.8 Å². The first-order chi connectivity index (χ1) is 9.26. The van der Waals surface area contributed by atoms with Gasteiger partial charge in [-0.05, 0) is 32.9 Å². The van der Waals surface area contributed by atoms with Crippen LogP contribution in [0.3, 0.4) is 0 Å². The molecule has 0 aliphatic rings. The molecule has 0 aromatic carbocycles. The Balaban J connectivity index is 2.24. The maximum absolute atomic E-state index is 11.8. The molecule has 6 nitrogen and oxygen atoms in total. The smallest absolute Gasteiger partial charge is 0.337 e. The van der Waals surface area contributed by atoms with Gasteiger partial charge >= 0.3 is 11.9 Å². The highest BCUT2D eigenvalue weighted by Crippen LogP contribution is 2.16. The van der Waals surface area contributed by atoms with Gasteiger partial charge in [-0.1, -0.05) is 0 Å². The summed E-state index contributed by atoms with van der Waals surface area (Å²) in [6.45, 7) is 5.45. The van der Waals surface area contributed by atoms with Crippen LogP contribution >= 0.6 is 0 Å². The largest absolute Gasteiger partial charge is 0.478 e. The Morgan fingerprint density at radius 2 is 2.10 bits per heavy atom. The fourth-order valence-corrected chi connectivity index (χ4v) is 1.84. The number of hydrogen-bond acceptors (Lipinski definition) is 4. The summed E-state index contributed by atoms with van der Waals surface area (Å²) < 4.78 is 6.87. The monoisotopic (exact) mass is 276 g/mol. The molecule has 2 rings (SSSR count). The van der Waals surface area contributed by atoms with Crippen LogP contribution in [-0.2, 0) is 16.1 Å². The predicted molar refractivity (Wildman–Crippen MR) is 72.5 cm³/mol. The number of aromatic carboxylic acids is 1. The van der Waals surface area contributed by atoms with Crippen molar-refractivity contribution in [2.24, 2.45) is 0 Å². The summed E-state index contributed by atoms with van der Waals surface area (Å²) in [6, 6.07) is 3.25. The summed E-state index contributed by atoms with van der Waals surface area (Å²) >= 11 is 0. The Bertz CT molecular complexity index is 667. The summed E-state index contributed by atoms with van der Waals surface area (Å²) in [7, 11) is 0. The van der Waals surface area contributed by atoms with Crippen LogP contribution in [0.25, 0.3) is 11.0 Å². The molecule has 0 aliphatic heterocycles. The van der Waals surface area contributed by atoms with Crippen molar-refractivity contribution in [3.63, 3.8) is 0 Å². The van der Waals surface area contributed by atoms with Crippen LogP contribution in [0.4, 0.5) is 0 Å². The molecule has 2 aromatic rings. The third-order valence-corrected chi connectivity index (χ3v) is 2.57. The van der Waals surface area contributed by atoms with Gasteiger partial charge in [0.2, 0.25) is 0 Å². The SMILES string of the molecule is CC(C)(C)OC(=O)Cn1ccc2cc(C(=O)O)cnc21. The summed E-state index contributed by atoms with van der Waals surface area (Å²) in [4.78, 5) is 26.7. The third-order valence-electron chi connectivity index (χ3n) is 2.57. The van der Waals surface area contributed by atoms with Gasteiger partial charge in [0.25, 0.3) is 0 Å². The third kappa shape index (κ3) is 3.14. The van der Waals surface area contributed by atoms with E-state index in [1.54, 1.807) is 37.6 Å². The molecule has 2 heterocycles. The van der Waals surface area contributed by atoms with Gasteiger partial charge < -0.3 is 14.4 Å². The van der Waals surface area contributed by atoms with E-state index < -0.39 is 11.6 Å². The van der Waals surface area contributed by atoms with Crippen molar-refractivity contribution in [2.45, 2.75) is 32.9 Å². The molecule has 106 valence electrons. The number of carbonyl (C=O) groups is 2. The fourth-order valence-electron chi connectivity index (χ4n) is 1.84. The van der Waals surface area contributed by atoms with Gasteiger partial charge in [-0.2, -0.15) is 0 Å². The second kappa shape index (κ2) is 4.96. The van der Waals surface area contributed by atoms with Crippen LogP contribution in [0.1, 0.15) is 31.1 Å². The van der Waals surface area contributed by atoms with Crippen molar-refractivity contribution in [3.05, 3.63) is 30.1 Å². The minimum atomic E-state index is -1.03. The van der Waals surface area contributed by atoms with E-state index in [-0.39, 0.29) is 18.1 Å². The number of esters is 1. The summed E-state index contributed by atoms with van der Waals surface area (Å²) in [5, 5.41) is 9.58. The van der Waals surface area contributed by atoms with Crippen LogP contribution in [-0.4, -0.2) is 32.2 Å². The van der Waals surface area contributed by atoms with Gasteiger partial charge in [0.05, 0.1) is 5.56 Å². The highest BCUT2D eigenvalue weighted by Gasteiger charge is 2.17. The van der Waals surface area contributed by atoms with Crippen molar-refractivity contribution in [1.29, 1.82) is 0 Å². The molecule has 0 unspecified atom stereocenters. The van der Waals surface area contributed by atoms with E-state index in [4.69, 9.17) is 9.84 Å². The molecule has 1 N–H and O–H groups in total. The van der Waals surface area contributed by atoms with E-state index in [0.29, 0.717) is 11.0 Å². The molecule has 0 atom stereocenters. The Kier molecular flexibility index (Phi) is 3.48. The lowest BCUT2D eigenvalue weighted by atomic mass is 10.2. The molecule has 0 saturated heterocycles. The van der Waals surface area contributed by atoms with E-state index in [1.165, 1.54) is 12.3 Å². The minimum absolute atomic E-state index is 0.0419. The van der Waals surface area contributed by atoms with Gasteiger partial charge in [-0.15, -0.1) is 0 Å². The van der Waals surface area contributed by atoms with E-state index >= 15 is 0 Å². The molecule has 0 spiro atoms. The average Bonchev–Trinajstić information content (AvgIpc) is 2.69. The normalized spacial score (nSPS) is 11.6. The van der Waals surface area contributed by atoms with Gasteiger partial charge in [0, 0.05) is 17.8 Å². The maximum atomic E-state index is 11.8. The Morgan fingerprint density at radius 1 is 1.40 bits per heavy atom. The van der Waals surface area contributed by atoms with Gasteiger partial charge in [-0.25, -0.2) is 9.78 Å². The summed E-state index contributed by atoms with van der Waals surface area (Å²) in [5.41, 5.74) is 0.137. The second-order valence-corrected chi connectivity index (χ2v) is 5.47. The number of carboxylic acids is 1. The molecule has 0 radical (unpaired) electrons. The van der Waals surface area contributed by atoms with E-state index in [9.17, 15) is 9.59 Å². The molecule has 0 fully saturated rings. The molecular weight excluding hydrogens is 260 g/mol. The molecule has 0 bridgehead atoms. The van der Waals surface area contributed by atoms with Crippen LogP contribution in [0.15, 0.2) is 24.5 Å². The fraction of sp³-hybridized carbons (Fsp3) is 0.357. The molecule has 6 heteroatoms. The molecule has 0 aliphatic carbocycles. The van der Waals surface area contributed by atoms with Crippen LogP contribution in [0.5, 0.6) is 0 Å². The van der Waals surface area contributed by atoms with Crippen molar-refractivity contribution in [2.75, 3.05) is 0 Å². The Hall–Kier alpha value is -2.37.